The Balaban J connectivity index is 2.39. The lowest BCUT2D eigenvalue weighted by Crippen LogP contribution is -2.07. The first-order valence-electron chi connectivity index (χ1n) is 4.78. The largest absolute Gasteiger partial charge is 0.320 e. The van der Waals surface area contributed by atoms with Crippen LogP contribution < -0.4 is 5.32 Å². The van der Waals surface area contributed by atoms with Gasteiger partial charge in [-0.05, 0) is 32.0 Å². The van der Waals surface area contributed by atoms with E-state index >= 15 is 0 Å². The van der Waals surface area contributed by atoms with Crippen LogP contribution in [0.2, 0.25) is 0 Å². The van der Waals surface area contributed by atoms with Crippen LogP contribution in [0, 0.1) is 0 Å². The molecule has 0 aromatic carbocycles. The van der Waals surface area contributed by atoms with Gasteiger partial charge in [0.25, 0.3) is 0 Å². The Morgan fingerprint density at radius 2 is 1.85 bits per heavy atom. The molecule has 0 atom stereocenters. The molecule has 0 spiro atoms. The van der Waals surface area contributed by atoms with Crippen molar-refractivity contribution in [3.05, 3.63) is 48.1 Å². The van der Waals surface area contributed by atoms with E-state index < -0.39 is 0 Å². The van der Waals surface area contributed by atoms with Gasteiger partial charge in [0, 0.05) is 0 Å². The molecular weight excluding hydrogens is 158 g/mol. The minimum absolute atomic E-state index is 1.09. The van der Waals surface area contributed by atoms with Crippen LogP contribution in [-0.2, 0) is 0 Å². The topological polar surface area (TPSA) is 12.0 Å². The van der Waals surface area contributed by atoms with E-state index in [1.165, 1.54) is 12.0 Å². The first kappa shape index (κ1) is 10.0. The quantitative estimate of drug-likeness (QED) is 0.648. The van der Waals surface area contributed by atoms with Crippen molar-refractivity contribution in [1.82, 2.24) is 5.32 Å². The zero-order chi connectivity index (χ0) is 9.36. The first-order chi connectivity index (χ1) is 6.43. The van der Waals surface area contributed by atoms with E-state index in [0.29, 0.717) is 0 Å². The van der Waals surface area contributed by atoms with E-state index in [-0.39, 0.29) is 0 Å². The molecule has 0 saturated heterocycles. The van der Waals surface area contributed by atoms with Crippen LogP contribution in [0.1, 0.15) is 12.8 Å². The van der Waals surface area contributed by atoms with Crippen LogP contribution in [0.15, 0.2) is 48.1 Å². The summed E-state index contributed by atoms with van der Waals surface area (Å²) in [7, 11) is 1.99. The van der Waals surface area contributed by atoms with Crippen molar-refractivity contribution >= 4 is 0 Å². The number of hydrogen-bond donors (Lipinski definition) is 1. The van der Waals surface area contributed by atoms with Gasteiger partial charge in [0.05, 0.1) is 0 Å². The van der Waals surface area contributed by atoms with E-state index in [0.717, 1.165) is 13.0 Å². The zero-order valence-corrected chi connectivity index (χ0v) is 8.16. The van der Waals surface area contributed by atoms with Gasteiger partial charge >= 0.3 is 0 Å². The number of allylic oxidation sites excluding steroid dienone is 8. The van der Waals surface area contributed by atoms with Crippen LogP contribution in [0.4, 0.5) is 0 Å². The fraction of sp³-hybridized carbons (Fsp3) is 0.333. The van der Waals surface area contributed by atoms with E-state index in [1.54, 1.807) is 0 Å². The van der Waals surface area contributed by atoms with Crippen molar-refractivity contribution in [2.45, 2.75) is 12.8 Å². The molecule has 0 heterocycles. The predicted molar refractivity (Wildman–Crippen MR) is 58.7 cm³/mol. The second-order valence-electron chi connectivity index (χ2n) is 3.08. The van der Waals surface area contributed by atoms with Gasteiger partial charge in [0.2, 0.25) is 0 Å². The lowest BCUT2D eigenvalue weighted by atomic mass is 10.1. The first-order valence-corrected chi connectivity index (χ1v) is 4.78. The molecule has 70 valence electrons. The average molecular weight is 175 g/mol. The molecular formula is C12H17N. The lowest BCUT2D eigenvalue weighted by molar-refractivity contribution is 0.726. The van der Waals surface area contributed by atoms with Gasteiger partial charge in [0.15, 0.2) is 0 Å². The molecule has 0 aliphatic heterocycles. The third-order valence-electron chi connectivity index (χ3n) is 1.96. The summed E-state index contributed by atoms with van der Waals surface area (Å²) in [6.45, 7) is 1.09. The van der Waals surface area contributed by atoms with Gasteiger partial charge in [-0.3, -0.25) is 0 Å². The van der Waals surface area contributed by atoms with E-state index in [2.05, 4.69) is 41.8 Å². The van der Waals surface area contributed by atoms with Crippen molar-refractivity contribution in [1.29, 1.82) is 0 Å². The van der Waals surface area contributed by atoms with E-state index in [4.69, 9.17) is 0 Å². The minimum atomic E-state index is 1.09. The number of nitrogens with one attached hydrogen (secondary N) is 1. The third-order valence-corrected chi connectivity index (χ3v) is 1.96. The standard InChI is InChI=1S/C12H17N/c1-13-11-7-10-12-8-5-3-2-4-6-9-12/h2-6,8-9,13H,7,10-11H2,1H3/b3-2-,4-2?,5-3?,6-4-,8-5-,9-6?,12-8?,12-9+. The van der Waals surface area contributed by atoms with Crippen molar-refractivity contribution in [2.24, 2.45) is 0 Å². The Morgan fingerprint density at radius 3 is 2.69 bits per heavy atom. The number of hydrogen-bond acceptors (Lipinski definition) is 1. The Kier molecular flexibility index (Phi) is 4.95. The van der Waals surface area contributed by atoms with Crippen LogP contribution in [-0.4, -0.2) is 13.6 Å². The molecule has 1 rings (SSSR count). The summed E-state index contributed by atoms with van der Waals surface area (Å²) in [5, 5.41) is 3.15. The molecule has 0 fully saturated rings. The molecule has 1 aliphatic rings. The molecule has 1 N–H and O–H groups in total. The van der Waals surface area contributed by atoms with Crippen molar-refractivity contribution in [2.75, 3.05) is 13.6 Å². The Morgan fingerprint density at radius 1 is 1.08 bits per heavy atom. The Bertz CT molecular complexity index is 244. The maximum Gasteiger partial charge on any atom is -0.00488 e. The molecule has 1 heteroatoms. The van der Waals surface area contributed by atoms with Gasteiger partial charge < -0.3 is 5.32 Å². The van der Waals surface area contributed by atoms with Crippen LogP contribution in [0.3, 0.4) is 0 Å². The smallest absolute Gasteiger partial charge is 0.00488 e. The van der Waals surface area contributed by atoms with Gasteiger partial charge in [0.1, 0.15) is 0 Å². The fourth-order valence-corrected chi connectivity index (χ4v) is 1.24. The monoisotopic (exact) mass is 175 g/mol. The molecule has 0 radical (unpaired) electrons. The van der Waals surface area contributed by atoms with Crippen LogP contribution in [0.25, 0.3) is 0 Å². The van der Waals surface area contributed by atoms with Crippen LogP contribution in [0.5, 0.6) is 0 Å². The highest BCUT2D eigenvalue weighted by Gasteiger charge is 1.91. The molecule has 0 unspecified atom stereocenters. The summed E-state index contributed by atoms with van der Waals surface area (Å²) < 4.78 is 0. The summed E-state index contributed by atoms with van der Waals surface area (Å²) in [5.41, 5.74) is 1.40. The van der Waals surface area contributed by atoms with Gasteiger partial charge in [-0.25, -0.2) is 0 Å². The molecule has 0 aromatic heterocycles. The summed E-state index contributed by atoms with van der Waals surface area (Å²) >= 11 is 0. The maximum atomic E-state index is 3.15. The molecule has 1 aliphatic carbocycles. The summed E-state index contributed by atoms with van der Waals surface area (Å²) in [6.07, 6.45) is 17.0. The van der Waals surface area contributed by atoms with Crippen molar-refractivity contribution < 1.29 is 0 Å². The molecule has 1 nitrogen and oxygen atoms in total. The SMILES string of the molecule is CNCCCC1=C/C=C\C=C/C=C\1. The van der Waals surface area contributed by atoms with Gasteiger partial charge in [-0.2, -0.15) is 0 Å². The molecule has 0 bridgehead atoms. The highest BCUT2D eigenvalue weighted by Crippen LogP contribution is 2.08. The molecule has 13 heavy (non-hydrogen) atoms. The second kappa shape index (κ2) is 6.44. The fourth-order valence-electron chi connectivity index (χ4n) is 1.24. The summed E-state index contributed by atoms with van der Waals surface area (Å²) in [6, 6.07) is 0. The highest BCUT2D eigenvalue weighted by molar-refractivity contribution is 5.30. The Hall–Kier alpha value is -1.08. The van der Waals surface area contributed by atoms with Crippen molar-refractivity contribution in [3.63, 3.8) is 0 Å². The predicted octanol–water partition coefficient (Wildman–Crippen LogP) is 2.59. The van der Waals surface area contributed by atoms with Gasteiger partial charge in [-0.1, -0.05) is 42.5 Å². The molecule has 0 saturated carbocycles. The molecule has 0 aromatic rings. The van der Waals surface area contributed by atoms with Gasteiger partial charge in [-0.15, -0.1) is 0 Å². The Labute approximate surface area is 80.5 Å². The van der Waals surface area contributed by atoms with E-state index in [9.17, 15) is 0 Å². The lowest BCUT2D eigenvalue weighted by Gasteiger charge is -2.01. The third kappa shape index (κ3) is 4.48. The van der Waals surface area contributed by atoms with Crippen LogP contribution >= 0.6 is 0 Å². The summed E-state index contributed by atoms with van der Waals surface area (Å²) in [4.78, 5) is 0. The highest BCUT2D eigenvalue weighted by atomic mass is 14.8. The zero-order valence-electron chi connectivity index (χ0n) is 8.16. The maximum absolute atomic E-state index is 3.15. The minimum Gasteiger partial charge on any atom is -0.320 e. The normalized spacial score (nSPS) is 26.7. The molecule has 0 amide bonds. The number of rotatable bonds is 4. The van der Waals surface area contributed by atoms with Crippen molar-refractivity contribution in [3.8, 4) is 0 Å². The van der Waals surface area contributed by atoms with E-state index in [1.807, 2.05) is 13.1 Å². The second-order valence-corrected chi connectivity index (χ2v) is 3.08. The average Bonchev–Trinajstić information content (AvgIpc) is 2.08. The summed E-state index contributed by atoms with van der Waals surface area (Å²) in [5.74, 6) is 0.